The number of H-pyrrole nitrogens is 1. The van der Waals surface area contributed by atoms with Crippen molar-refractivity contribution < 1.29 is 9.90 Å². The average Bonchev–Trinajstić information content (AvgIpc) is 3.30. The zero-order valence-corrected chi connectivity index (χ0v) is 11.2. The van der Waals surface area contributed by atoms with Crippen LogP contribution in [0.5, 0.6) is 0 Å². The molecular formula is C17H13NO3. The highest BCUT2D eigenvalue weighted by atomic mass is 16.4. The Morgan fingerprint density at radius 1 is 1.14 bits per heavy atom. The maximum Gasteiger partial charge on any atom is 0.336 e. The Bertz CT molecular complexity index is 951. The van der Waals surface area contributed by atoms with Crippen molar-refractivity contribution in [2.75, 3.05) is 0 Å². The molecule has 1 saturated carbocycles. The van der Waals surface area contributed by atoms with Gasteiger partial charge in [-0.1, -0.05) is 18.2 Å². The second kappa shape index (κ2) is 4.19. The Labute approximate surface area is 120 Å². The minimum atomic E-state index is -0.971. The van der Waals surface area contributed by atoms with Crippen molar-refractivity contribution in [1.29, 1.82) is 0 Å². The van der Waals surface area contributed by atoms with Crippen LogP contribution in [0.3, 0.4) is 0 Å². The number of rotatable bonds is 2. The molecule has 104 valence electrons. The van der Waals surface area contributed by atoms with Crippen LogP contribution in [0.1, 0.15) is 34.7 Å². The molecule has 1 fully saturated rings. The Morgan fingerprint density at radius 2 is 1.95 bits per heavy atom. The van der Waals surface area contributed by atoms with E-state index >= 15 is 0 Å². The van der Waals surface area contributed by atoms with E-state index in [2.05, 4.69) is 4.98 Å². The number of aromatic carboxylic acids is 1. The summed E-state index contributed by atoms with van der Waals surface area (Å²) < 4.78 is 0. The Balaban J connectivity index is 2.21. The fourth-order valence-electron chi connectivity index (χ4n) is 2.98. The standard InChI is InChI=1S/C17H13NO3/c19-16-15-11(5-6-18-16)8-14(17(20)21)12-4-3-10(7-13(12)15)9-1-2-9/h3-9H,1-2H2,(H,18,19)(H,20,21). The zero-order chi connectivity index (χ0) is 14.6. The molecule has 3 aromatic rings. The minimum Gasteiger partial charge on any atom is -0.478 e. The molecule has 4 nitrogen and oxygen atoms in total. The summed E-state index contributed by atoms with van der Waals surface area (Å²) in [7, 11) is 0. The minimum absolute atomic E-state index is 0.178. The van der Waals surface area contributed by atoms with Gasteiger partial charge in [-0.15, -0.1) is 0 Å². The molecule has 21 heavy (non-hydrogen) atoms. The van der Waals surface area contributed by atoms with Crippen molar-refractivity contribution >= 4 is 27.5 Å². The molecular weight excluding hydrogens is 266 g/mol. The monoisotopic (exact) mass is 279 g/mol. The molecule has 0 bridgehead atoms. The fourth-order valence-corrected chi connectivity index (χ4v) is 2.98. The van der Waals surface area contributed by atoms with Crippen LogP contribution in [0.15, 0.2) is 41.3 Å². The number of nitrogens with one attached hydrogen (secondary N) is 1. The van der Waals surface area contributed by atoms with E-state index in [4.69, 9.17) is 0 Å². The molecule has 0 radical (unpaired) electrons. The molecule has 1 aliphatic rings. The molecule has 4 heteroatoms. The van der Waals surface area contributed by atoms with Crippen LogP contribution in [0.4, 0.5) is 0 Å². The smallest absolute Gasteiger partial charge is 0.336 e. The first-order chi connectivity index (χ1) is 10.1. The summed E-state index contributed by atoms with van der Waals surface area (Å²) in [6.45, 7) is 0. The maximum atomic E-state index is 12.2. The van der Waals surface area contributed by atoms with Crippen LogP contribution in [-0.4, -0.2) is 16.1 Å². The summed E-state index contributed by atoms with van der Waals surface area (Å²) in [5.41, 5.74) is 1.25. The van der Waals surface area contributed by atoms with Crippen LogP contribution in [0.25, 0.3) is 21.5 Å². The molecule has 0 atom stereocenters. The lowest BCUT2D eigenvalue weighted by Crippen LogP contribution is -2.07. The second-order valence-corrected chi connectivity index (χ2v) is 5.58. The van der Waals surface area contributed by atoms with Gasteiger partial charge in [0.15, 0.2) is 0 Å². The van der Waals surface area contributed by atoms with Crippen molar-refractivity contribution in [1.82, 2.24) is 4.98 Å². The van der Waals surface area contributed by atoms with Crippen molar-refractivity contribution in [2.24, 2.45) is 0 Å². The first-order valence-electron chi connectivity index (χ1n) is 6.96. The quantitative estimate of drug-likeness (QED) is 0.707. The van der Waals surface area contributed by atoms with Gasteiger partial charge in [0.2, 0.25) is 0 Å². The van der Waals surface area contributed by atoms with Gasteiger partial charge in [-0.3, -0.25) is 4.79 Å². The summed E-state index contributed by atoms with van der Waals surface area (Å²) in [5.74, 6) is -0.415. The number of carboxylic acids is 1. The van der Waals surface area contributed by atoms with E-state index in [1.54, 1.807) is 18.3 Å². The molecule has 4 rings (SSSR count). The van der Waals surface area contributed by atoms with Crippen LogP contribution in [-0.2, 0) is 0 Å². The van der Waals surface area contributed by atoms with Crippen LogP contribution in [0, 0.1) is 0 Å². The number of pyridine rings is 1. The fraction of sp³-hybridized carbons (Fsp3) is 0.176. The van der Waals surface area contributed by atoms with Crippen LogP contribution < -0.4 is 5.56 Å². The molecule has 1 aliphatic carbocycles. The summed E-state index contributed by atoms with van der Waals surface area (Å²) in [4.78, 5) is 26.3. The summed E-state index contributed by atoms with van der Waals surface area (Å²) in [6.07, 6.45) is 3.88. The lowest BCUT2D eigenvalue weighted by atomic mass is 9.95. The zero-order valence-electron chi connectivity index (χ0n) is 11.2. The normalized spacial score (nSPS) is 14.7. The second-order valence-electron chi connectivity index (χ2n) is 5.58. The molecule has 0 aliphatic heterocycles. The molecule has 0 spiro atoms. The summed E-state index contributed by atoms with van der Waals surface area (Å²) >= 11 is 0. The van der Waals surface area contributed by atoms with E-state index in [0.717, 1.165) is 5.39 Å². The summed E-state index contributed by atoms with van der Waals surface area (Å²) in [5, 5.41) is 12.0. The van der Waals surface area contributed by atoms with Crippen LogP contribution in [0.2, 0.25) is 0 Å². The van der Waals surface area contributed by atoms with Gasteiger partial charge in [0.1, 0.15) is 0 Å². The first-order valence-corrected chi connectivity index (χ1v) is 6.96. The molecule has 0 saturated heterocycles. The highest BCUT2D eigenvalue weighted by Gasteiger charge is 2.24. The van der Waals surface area contributed by atoms with Crippen molar-refractivity contribution in [3.05, 3.63) is 58.0 Å². The van der Waals surface area contributed by atoms with Crippen molar-refractivity contribution in [3.63, 3.8) is 0 Å². The molecule has 1 aromatic heterocycles. The Kier molecular flexibility index (Phi) is 2.42. The van der Waals surface area contributed by atoms with Gasteiger partial charge in [-0.25, -0.2) is 4.79 Å². The number of aromatic amines is 1. The number of carbonyl (C=O) groups is 1. The largest absolute Gasteiger partial charge is 0.478 e. The molecule has 0 amide bonds. The Morgan fingerprint density at radius 3 is 2.67 bits per heavy atom. The van der Waals surface area contributed by atoms with E-state index in [9.17, 15) is 14.7 Å². The third kappa shape index (κ3) is 1.83. The lowest BCUT2D eigenvalue weighted by Gasteiger charge is -2.09. The Hall–Kier alpha value is -2.62. The number of benzene rings is 2. The number of aromatic nitrogens is 1. The molecule has 0 unspecified atom stereocenters. The third-order valence-electron chi connectivity index (χ3n) is 4.18. The van der Waals surface area contributed by atoms with E-state index in [-0.39, 0.29) is 11.1 Å². The molecule has 2 aromatic carbocycles. The SMILES string of the molecule is O=C(O)c1cc2cc[nH]c(=O)c2c2cc(C3CC3)ccc12. The molecule has 1 heterocycles. The number of carboxylic acid groups (broad SMARTS) is 1. The van der Waals surface area contributed by atoms with Crippen LogP contribution >= 0.6 is 0 Å². The van der Waals surface area contributed by atoms with Gasteiger partial charge >= 0.3 is 5.97 Å². The van der Waals surface area contributed by atoms with E-state index in [0.29, 0.717) is 22.1 Å². The summed E-state index contributed by atoms with van der Waals surface area (Å²) in [6, 6.07) is 9.11. The maximum absolute atomic E-state index is 12.2. The van der Waals surface area contributed by atoms with E-state index in [1.165, 1.54) is 18.4 Å². The highest BCUT2D eigenvalue weighted by molar-refractivity contribution is 6.15. The lowest BCUT2D eigenvalue weighted by molar-refractivity contribution is 0.0699. The third-order valence-corrected chi connectivity index (χ3v) is 4.18. The van der Waals surface area contributed by atoms with Gasteiger partial charge in [-0.2, -0.15) is 0 Å². The van der Waals surface area contributed by atoms with Gasteiger partial charge < -0.3 is 10.1 Å². The average molecular weight is 279 g/mol. The van der Waals surface area contributed by atoms with Crippen molar-refractivity contribution in [2.45, 2.75) is 18.8 Å². The van der Waals surface area contributed by atoms with E-state index in [1.807, 2.05) is 18.2 Å². The predicted molar refractivity (Wildman–Crippen MR) is 81.0 cm³/mol. The van der Waals surface area contributed by atoms with Gasteiger partial charge in [0.05, 0.1) is 10.9 Å². The predicted octanol–water partition coefficient (Wildman–Crippen LogP) is 3.26. The number of fused-ring (bicyclic) bond motifs is 3. The van der Waals surface area contributed by atoms with Gasteiger partial charge in [-0.05, 0) is 52.6 Å². The first kappa shape index (κ1) is 12.1. The highest BCUT2D eigenvalue weighted by Crippen LogP contribution is 2.41. The topological polar surface area (TPSA) is 70.2 Å². The van der Waals surface area contributed by atoms with Crippen molar-refractivity contribution in [3.8, 4) is 0 Å². The number of hydrogen-bond donors (Lipinski definition) is 2. The van der Waals surface area contributed by atoms with Gasteiger partial charge in [0, 0.05) is 6.20 Å². The van der Waals surface area contributed by atoms with E-state index < -0.39 is 5.97 Å². The molecule has 2 N–H and O–H groups in total. The van der Waals surface area contributed by atoms with Gasteiger partial charge in [0.25, 0.3) is 5.56 Å². The number of hydrogen-bond acceptors (Lipinski definition) is 2.